The first kappa shape index (κ1) is 21.3. The highest BCUT2D eigenvalue weighted by Crippen LogP contribution is 2.21. The van der Waals surface area contributed by atoms with Crippen molar-refractivity contribution in [2.45, 2.75) is 23.8 Å². The van der Waals surface area contributed by atoms with E-state index in [1.165, 1.54) is 41.9 Å². The van der Waals surface area contributed by atoms with Gasteiger partial charge in [0.15, 0.2) is 0 Å². The molecule has 2 aromatic rings. The Morgan fingerprint density at radius 1 is 1.19 bits per heavy atom. The smallest absolute Gasteiger partial charge is 0.322 e. The Bertz CT molecular complexity index is 1060. The molecule has 0 bridgehead atoms. The van der Waals surface area contributed by atoms with Crippen LogP contribution in [0.2, 0.25) is 0 Å². The van der Waals surface area contributed by atoms with Crippen LogP contribution in [0.15, 0.2) is 39.8 Å². The number of carbonyl (C=O) groups is 1. The summed E-state index contributed by atoms with van der Waals surface area (Å²) in [6.07, 6.45) is 3.04. The monoisotopic (exact) mass is 450 g/mol. The van der Waals surface area contributed by atoms with Gasteiger partial charge in [0.25, 0.3) is 11.8 Å². The lowest BCUT2D eigenvalue weighted by Gasteiger charge is -2.20. The fourth-order valence-corrected chi connectivity index (χ4v) is 4.36. The number of benzene rings is 1. The summed E-state index contributed by atoms with van der Waals surface area (Å²) in [7, 11) is -2.17. The highest BCUT2D eigenvalue weighted by atomic mass is 32.2. The molecule has 2 aliphatic rings. The van der Waals surface area contributed by atoms with Crippen LogP contribution in [0.5, 0.6) is 0 Å². The molecule has 4 rings (SSSR count). The van der Waals surface area contributed by atoms with Gasteiger partial charge in [-0.3, -0.25) is 10.1 Å². The molecule has 1 unspecified atom stereocenters. The second-order valence-electron chi connectivity index (χ2n) is 7.01. The highest BCUT2D eigenvalue weighted by Gasteiger charge is 2.26. The topological polar surface area (TPSA) is 133 Å². The maximum atomic E-state index is 12.8. The Labute approximate surface area is 179 Å². The molecule has 0 saturated carbocycles. The molecule has 1 fully saturated rings. The van der Waals surface area contributed by atoms with Gasteiger partial charge in [0, 0.05) is 25.8 Å². The molecular formula is C19H22N4O7S. The van der Waals surface area contributed by atoms with Gasteiger partial charge in [-0.25, -0.2) is 8.42 Å². The molecule has 2 aliphatic heterocycles. The lowest BCUT2D eigenvalue weighted by Crippen LogP contribution is -2.34. The van der Waals surface area contributed by atoms with Crippen LogP contribution in [0.25, 0.3) is 5.76 Å². The van der Waals surface area contributed by atoms with E-state index in [1.54, 1.807) is 0 Å². The summed E-state index contributed by atoms with van der Waals surface area (Å²) in [5.41, 5.74) is 0.233. The quantitative estimate of drug-likeness (QED) is 0.665. The third-order valence-electron chi connectivity index (χ3n) is 4.81. The number of hydrogen-bond donors (Lipinski definition) is 1. The summed E-state index contributed by atoms with van der Waals surface area (Å²) in [4.78, 5) is 12.5. The minimum Gasteiger partial charge on any atom is -0.494 e. The first-order valence-corrected chi connectivity index (χ1v) is 11.2. The molecule has 1 saturated heterocycles. The number of amides is 1. The zero-order chi connectivity index (χ0) is 21.8. The van der Waals surface area contributed by atoms with Crippen LogP contribution < -0.4 is 5.32 Å². The van der Waals surface area contributed by atoms with Gasteiger partial charge in [0.2, 0.25) is 15.8 Å². The Hall–Kier alpha value is -2.96. The predicted octanol–water partition coefficient (Wildman–Crippen LogP) is 1.47. The number of hydrogen-bond acceptors (Lipinski definition) is 9. The Morgan fingerprint density at radius 3 is 2.68 bits per heavy atom. The maximum Gasteiger partial charge on any atom is 0.322 e. The largest absolute Gasteiger partial charge is 0.494 e. The van der Waals surface area contributed by atoms with Crippen LogP contribution in [0.4, 0.5) is 6.01 Å². The van der Waals surface area contributed by atoms with Crippen LogP contribution in [-0.2, 0) is 24.2 Å². The minimum absolute atomic E-state index is 0.0747. The maximum absolute atomic E-state index is 12.8. The second kappa shape index (κ2) is 9.04. The first-order valence-electron chi connectivity index (χ1n) is 9.71. The van der Waals surface area contributed by atoms with Crippen LogP contribution in [-0.4, -0.2) is 68.3 Å². The lowest BCUT2D eigenvalue weighted by atomic mass is 10.2. The number of anilines is 1. The molecule has 12 heteroatoms. The first-order chi connectivity index (χ1) is 14.9. The number of likely N-dealkylation sites (N-methyl/N-ethyl adjacent to an activating group) is 1. The van der Waals surface area contributed by atoms with E-state index in [-0.39, 0.29) is 40.8 Å². The molecule has 31 heavy (non-hydrogen) atoms. The molecule has 1 aromatic heterocycles. The average molecular weight is 450 g/mol. The van der Waals surface area contributed by atoms with Crippen molar-refractivity contribution in [2.75, 3.05) is 38.7 Å². The minimum atomic E-state index is -3.69. The number of rotatable bonds is 7. The van der Waals surface area contributed by atoms with Gasteiger partial charge in [0.1, 0.15) is 19.5 Å². The lowest BCUT2D eigenvalue weighted by molar-refractivity contribution is 0.0979. The van der Waals surface area contributed by atoms with E-state index in [0.717, 1.165) is 12.8 Å². The van der Waals surface area contributed by atoms with Gasteiger partial charge in [-0.05, 0) is 37.1 Å². The Balaban J connectivity index is 1.40. The molecule has 11 nitrogen and oxygen atoms in total. The van der Waals surface area contributed by atoms with Crippen molar-refractivity contribution in [3.63, 3.8) is 0 Å². The van der Waals surface area contributed by atoms with Crippen LogP contribution in [0.1, 0.15) is 29.1 Å². The van der Waals surface area contributed by atoms with Gasteiger partial charge in [-0.15, -0.1) is 5.10 Å². The van der Waals surface area contributed by atoms with E-state index in [2.05, 4.69) is 15.5 Å². The molecular weight excluding hydrogens is 428 g/mol. The van der Waals surface area contributed by atoms with E-state index in [0.29, 0.717) is 19.8 Å². The Kier molecular flexibility index (Phi) is 6.20. The number of carbonyl (C=O) groups excluding carboxylic acids is 1. The molecule has 1 aromatic carbocycles. The van der Waals surface area contributed by atoms with Crippen molar-refractivity contribution in [1.29, 1.82) is 0 Å². The SMILES string of the molecule is CN(CC1CCCO1)S(=O)(=O)c1ccc(C(=O)Nc2nnc(C3=COCCO3)o2)cc1. The zero-order valence-electron chi connectivity index (χ0n) is 16.8. The van der Waals surface area contributed by atoms with Gasteiger partial charge >= 0.3 is 6.01 Å². The number of aromatic nitrogens is 2. The fourth-order valence-electron chi connectivity index (χ4n) is 3.15. The van der Waals surface area contributed by atoms with Crippen molar-refractivity contribution in [2.24, 2.45) is 0 Å². The number of sulfonamides is 1. The predicted molar refractivity (Wildman–Crippen MR) is 107 cm³/mol. The number of nitrogens with zero attached hydrogens (tertiary/aromatic N) is 3. The van der Waals surface area contributed by atoms with Crippen LogP contribution in [0, 0.1) is 0 Å². The Morgan fingerprint density at radius 2 is 2.00 bits per heavy atom. The number of ether oxygens (including phenoxy) is 3. The standard InChI is InChI=1S/C19H22N4O7S/c1-23(11-14-3-2-8-28-14)31(25,26)15-6-4-13(5-7-15)17(24)20-19-22-21-18(30-19)16-12-27-9-10-29-16/h4-7,12,14H,2-3,8-11H2,1H3,(H,20,22,24). The van der Waals surface area contributed by atoms with Crippen molar-refractivity contribution < 1.29 is 31.8 Å². The molecule has 166 valence electrons. The third-order valence-corrected chi connectivity index (χ3v) is 6.65. The molecule has 0 radical (unpaired) electrons. The van der Waals surface area contributed by atoms with Crippen molar-refractivity contribution in [3.8, 4) is 0 Å². The van der Waals surface area contributed by atoms with E-state index >= 15 is 0 Å². The summed E-state index contributed by atoms with van der Waals surface area (Å²) in [6.45, 7) is 1.72. The summed E-state index contributed by atoms with van der Waals surface area (Å²) in [5.74, 6) is -0.173. The van der Waals surface area contributed by atoms with Crippen LogP contribution in [0.3, 0.4) is 0 Å². The van der Waals surface area contributed by atoms with E-state index in [4.69, 9.17) is 18.6 Å². The molecule has 1 amide bonds. The summed E-state index contributed by atoms with van der Waals surface area (Å²) in [5, 5.41) is 10.0. The molecule has 0 aliphatic carbocycles. The highest BCUT2D eigenvalue weighted by molar-refractivity contribution is 7.89. The van der Waals surface area contributed by atoms with Crippen LogP contribution >= 0.6 is 0 Å². The van der Waals surface area contributed by atoms with Crippen molar-refractivity contribution in [1.82, 2.24) is 14.5 Å². The summed E-state index contributed by atoms with van der Waals surface area (Å²) >= 11 is 0. The van der Waals surface area contributed by atoms with Gasteiger partial charge in [-0.2, -0.15) is 4.31 Å². The van der Waals surface area contributed by atoms with Gasteiger partial charge < -0.3 is 18.6 Å². The van der Waals surface area contributed by atoms with Gasteiger partial charge in [0.05, 0.1) is 11.0 Å². The van der Waals surface area contributed by atoms with E-state index in [1.807, 2.05) is 0 Å². The second-order valence-corrected chi connectivity index (χ2v) is 9.06. The van der Waals surface area contributed by atoms with Gasteiger partial charge in [-0.1, -0.05) is 5.10 Å². The molecule has 3 heterocycles. The summed E-state index contributed by atoms with van der Waals surface area (Å²) < 4.78 is 48.1. The summed E-state index contributed by atoms with van der Waals surface area (Å²) in [6, 6.07) is 5.48. The van der Waals surface area contributed by atoms with E-state index in [9.17, 15) is 13.2 Å². The molecule has 0 spiro atoms. The fraction of sp³-hybridized carbons (Fsp3) is 0.421. The zero-order valence-corrected chi connectivity index (χ0v) is 17.6. The van der Waals surface area contributed by atoms with Crippen molar-refractivity contribution >= 4 is 27.7 Å². The normalized spacial score (nSPS) is 18.9. The number of nitrogens with one attached hydrogen (secondary N) is 1. The molecule has 1 atom stereocenters. The van der Waals surface area contributed by atoms with E-state index < -0.39 is 15.9 Å². The average Bonchev–Trinajstić information content (AvgIpc) is 3.46. The molecule has 1 N–H and O–H groups in total. The van der Waals surface area contributed by atoms with Crippen molar-refractivity contribution in [3.05, 3.63) is 42.0 Å². The third kappa shape index (κ3) is 4.86.